The highest BCUT2D eigenvalue weighted by molar-refractivity contribution is 5.78. The van der Waals surface area contributed by atoms with Crippen molar-refractivity contribution in [3.63, 3.8) is 0 Å². The lowest BCUT2D eigenvalue weighted by Crippen LogP contribution is -2.44. The van der Waals surface area contributed by atoms with Crippen molar-refractivity contribution in [3.8, 4) is 0 Å². The van der Waals surface area contributed by atoms with E-state index < -0.39 is 11.9 Å². The summed E-state index contributed by atoms with van der Waals surface area (Å²) >= 11 is 0. The van der Waals surface area contributed by atoms with Crippen molar-refractivity contribution in [1.29, 1.82) is 0 Å². The van der Waals surface area contributed by atoms with Crippen LogP contribution in [0.2, 0.25) is 0 Å². The maximum Gasteiger partial charge on any atom is 0.434 e. The van der Waals surface area contributed by atoms with Crippen molar-refractivity contribution < 1.29 is 22.7 Å². The van der Waals surface area contributed by atoms with Gasteiger partial charge in [0.25, 0.3) is 0 Å². The Morgan fingerprint density at radius 3 is 2.81 bits per heavy atom. The average molecular weight is 374 g/mol. The van der Waals surface area contributed by atoms with Crippen LogP contribution in [0.5, 0.6) is 0 Å². The number of alkyl halides is 3. The molecule has 1 amide bonds. The van der Waals surface area contributed by atoms with E-state index in [4.69, 9.17) is 4.74 Å². The fraction of sp³-hybridized carbons (Fsp3) is 0.765. The Labute approximate surface area is 150 Å². The molecule has 3 rings (SSSR count). The minimum atomic E-state index is -4.40. The fourth-order valence-electron chi connectivity index (χ4n) is 3.67. The molecule has 1 saturated heterocycles. The molecule has 0 radical (unpaired) electrons. The van der Waals surface area contributed by atoms with E-state index in [1.807, 2.05) is 11.9 Å². The largest absolute Gasteiger partial charge is 0.434 e. The molecule has 26 heavy (non-hydrogen) atoms. The van der Waals surface area contributed by atoms with Crippen LogP contribution < -0.4 is 5.32 Å². The van der Waals surface area contributed by atoms with Gasteiger partial charge in [0.15, 0.2) is 5.69 Å². The van der Waals surface area contributed by atoms with Gasteiger partial charge in [0.1, 0.15) is 5.82 Å². The molecule has 9 heteroatoms. The van der Waals surface area contributed by atoms with Crippen LogP contribution in [0.4, 0.5) is 13.2 Å². The number of carbonyl (C=O) groups is 1. The quantitative estimate of drug-likeness (QED) is 0.852. The Kier molecular flexibility index (Phi) is 5.86. The molecule has 2 aliphatic heterocycles. The van der Waals surface area contributed by atoms with Crippen molar-refractivity contribution >= 4 is 5.91 Å². The maximum absolute atomic E-state index is 12.8. The van der Waals surface area contributed by atoms with Gasteiger partial charge in [0, 0.05) is 45.0 Å². The van der Waals surface area contributed by atoms with Crippen molar-refractivity contribution in [3.05, 3.63) is 17.7 Å². The number of hydrogen-bond donors (Lipinski definition) is 1. The van der Waals surface area contributed by atoms with E-state index >= 15 is 0 Å². The molecule has 0 aromatic carbocycles. The van der Waals surface area contributed by atoms with Gasteiger partial charge >= 0.3 is 6.18 Å². The first-order valence-corrected chi connectivity index (χ1v) is 9.00. The molecular formula is C17H25F3N4O2. The summed E-state index contributed by atoms with van der Waals surface area (Å²) in [6, 6.07) is 0.175. The third-order valence-corrected chi connectivity index (χ3v) is 4.95. The van der Waals surface area contributed by atoms with Crippen LogP contribution in [0.25, 0.3) is 0 Å². The summed E-state index contributed by atoms with van der Waals surface area (Å²) in [7, 11) is 1.87. The number of likely N-dealkylation sites (N-methyl/N-ethyl adjacent to an activating group) is 1. The Morgan fingerprint density at radius 2 is 2.12 bits per heavy atom. The van der Waals surface area contributed by atoms with Crippen LogP contribution in [0.3, 0.4) is 0 Å². The monoisotopic (exact) mass is 374 g/mol. The predicted molar refractivity (Wildman–Crippen MR) is 88.5 cm³/mol. The van der Waals surface area contributed by atoms with Crippen LogP contribution in [-0.2, 0) is 28.7 Å². The smallest absolute Gasteiger partial charge is 0.381 e. The van der Waals surface area contributed by atoms with Crippen LogP contribution in [0.15, 0.2) is 6.20 Å². The zero-order valence-electron chi connectivity index (χ0n) is 14.9. The second kappa shape index (κ2) is 7.96. The number of ether oxygens (including phenoxy) is 1. The number of amides is 1. The molecule has 1 aromatic rings. The minimum absolute atomic E-state index is 0.0158. The predicted octanol–water partition coefficient (Wildman–Crippen LogP) is 1.69. The van der Waals surface area contributed by atoms with Gasteiger partial charge < -0.3 is 14.6 Å². The van der Waals surface area contributed by atoms with Gasteiger partial charge in [0.05, 0.1) is 6.54 Å². The number of aromatic nitrogens is 2. The molecule has 0 bridgehead atoms. The van der Waals surface area contributed by atoms with Gasteiger partial charge in [-0.25, -0.2) is 4.98 Å². The van der Waals surface area contributed by atoms with Crippen LogP contribution in [-0.4, -0.2) is 59.8 Å². The topological polar surface area (TPSA) is 59.4 Å². The number of carbonyl (C=O) groups excluding carboxylic acids is 1. The summed E-state index contributed by atoms with van der Waals surface area (Å²) in [5.74, 6) is 0.685. The number of nitrogens with one attached hydrogen (secondary N) is 1. The molecule has 1 atom stereocenters. The molecule has 0 spiro atoms. The molecule has 1 N–H and O–H groups in total. The average Bonchev–Trinajstić information content (AvgIpc) is 2.99. The third kappa shape index (κ3) is 4.97. The zero-order valence-corrected chi connectivity index (χ0v) is 14.9. The van der Waals surface area contributed by atoms with Crippen LogP contribution >= 0.6 is 0 Å². The Hall–Kier alpha value is -1.61. The first-order chi connectivity index (χ1) is 12.3. The molecular weight excluding hydrogens is 349 g/mol. The summed E-state index contributed by atoms with van der Waals surface area (Å²) in [6.07, 6.45) is -0.326. The summed E-state index contributed by atoms with van der Waals surface area (Å²) in [4.78, 5) is 17.8. The highest BCUT2D eigenvalue weighted by Gasteiger charge is 2.35. The van der Waals surface area contributed by atoms with Gasteiger partial charge in [-0.15, -0.1) is 0 Å². The van der Waals surface area contributed by atoms with Gasteiger partial charge in [-0.2, -0.15) is 13.2 Å². The van der Waals surface area contributed by atoms with Crippen LogP contribution in [0, 0.1) is 5.92 Å². The molecule has 0 unspecified atom stereocenters. The molecule has 0 aliphatic carbocycles. The number of hydrogen-bond acceptors (Lipinski definition) is 4. The number of aryl methyl sites for hydroxylation is 1. The lowest BCUT2D eigenvalue weighted by molar-refractivity contribution is -0.141. The highest BCUT2D eigenvalue weighted by atomic mass is 19.4. The normalized spacial score (nSPS) is 21.7. The Balaban J connectivity index is 1.47. The van der Waals surface area contributed by atoms with Crippen LogP contribution in [0.1, 0.15) is 30.8 Å². The molecule has 0 saturated carbocycles. The zero-order chi connectivity index (χ0) is 18.7. The standard InChI is InChI=1S/C17H25F3N4O2/c1-23(11-16(25)21-13-4-6-26-7-5-13)8-12-2-3-15-22-14(17(18,19)20)10-24(15)9-12/h10,12-13H,2-9,11H2,1H3,(H,21,25)/t12-/m0/s1. The number of nitrogens with zero attached hydrogens (tertiary/aromatic N) is 3. The summed E-state index contributed by atoms with van der Waals surface area (Å²) in [5.41, 5.74) is -0.822. The van der Waals surface area contributed by atoms with E-state index in [-0.39, 0.29) is 17.9 Å². The first-order valence-electron chi connectivity index (χ1n) is 9.00. The number of fused-ring (bicyclic) bond motifs is 1. The minimum Gasteiger partial charge on any atom is -0.381 e. The lowest BCUT2D eigenvalue weighted by atomic mass is 9.99. The maximum atomic E-state index is 12.8. The van der Waals surface area contributed by atoms with Gasteiger partial charge in [-0.05, 0) is 32.2 Å². The molecule has 2 aliphatic rings. The van der Waals surface area contributed by atoms with E-state index in [9.17, 15) is 18.0 Å². The Morgan fingerprint density at radius 1 is 1.38 bits per heavy atom. The number of halogens is 3. The van der Waals surface area contributed by atoms with E-state index in [1.165, 1.54) is 0 Å². The van der Waals surface area contributed by atoms with Crippen molar-refractivity contribution in [2.45, 2.75) is 44.4 Å². The van der Waals surface area contributed by atoms with E-state index in [0.717, 1.165) is 25.5 Å². The molecule has 3 heterocycles. The molecule has 6 nitrogen and oxygen atoms in total. The summed E-state index contributed by atoms with van der Waals surface area (Å²) < 4.78 is 45.2. The Bertz CT molecular complexity index is 626. The SMILES string of the molecule is CN(CC(=O)NC1CCOCC1)C[C@@H]1CCc2nc(C(F)(F)F)cn2C1. The van der Waals surface area contributed by atoms with E-state index in [0.29, 0.717) is 45.1 Å². The first kappa shape index (κ1) is 19.2. The van der Waals surface area contributed by atoms with Gasteiger partial charge in [-0.3, -0.25) is 9.69 Å². The van der Waals surface area contributed by atoms with E-state index in [2.05, 4.69) is 10.3 Å². The molecule has 1 fully saturated rings. The van der Waals surface area contributed by atoms with Crippen molar-refractivity contribution in [2.75, 3.05) is 33.4 Å². The number of imidazole rings is 1. The summed E-state index contributed by atoms with van der Waals surface area (Å²) in [6.45, 7) is 2.81. The van der Waals surface area contributed by atoms with Crippen molar-refractivity contribution in [1.82, 2.24) is 19.8 Å². The molecule has 1 aromatic heterocycles. The van der Waals surface area contributed by atoms with Gasteiger partial charge in [-0.1, -0.05) is 0 Å². The second-order valence-electron chi connectivity index (χ2n) is 7.25. The second-order valence-corrected chi connectivity index (χ2v) is 7.25. The fourth-order valence-corrected chi connectivity index (χ4v) is 3.67. The van der Waals surface area contributed by atoms with Gasteiger partial charge in [0.2, 0.25) is 5.91 Å². The highest BCUT2D eigenvalue weighted by Crippen LogP contribution is 2.30. The number of rotatable bonds is 5. The summed E-state index contributed by atoms with van der Waals surface area (Å²) in [5, 5.41) is 3.02. The van der Waals surface area contributed by atoms with E-state index in [1.54, 1.807) is 4.57 Å². The van der Waals surface area contributed by atoms with Crippen molar-refractivity contribution in [2.24, 2.45) is 5.92 Å². The molecule has 146 valence electrons. The lowest BCUT2D eigenvalue weighted by Gasteiger charge is -2.28. The third-order valence-electron chi connectivity index (χ3n) is 4.95.